The summed E-state index contributed by atoms with van der Waals surface area (Å²) in [7, 11) is 0. The van der Waals surface area contributed by atoms with Crippen molar-refractivity contribution >= 4 is 11.8 Å². The molecule has 3 saturated heterocycles. The monoisotopic (exact) mass is 407 g/mol. The van der Waals surface area contributed by atoms with Crippen LogP contribution in [-0.2, 0) is 16.0 Å². The lowest BCUT2D eigenvalue weighted by atomic mass is 9.84. The number of carbonyl (C=O) groups is 2. The molecular formula is C24H26FN3O2. The predicted octanol–water partition coefficient (Wildman–Crippen LogP) is 2.51. The second-order valence-electron chi connectivity index (χ2n) is 8.62. The fourth-order valence-corrected chi connectivity index (χ4v) is 5.28. The maximum atomic E-state index is 13.5. The van der Waals surface area contributed by atoms with Gasteiger partial charge in [-0.3, -0.25) is 9.59 Å². The van der Waals surface area contributed by atoms with E-state index in [1.807, 2.05) is 18.2 Å². The number of amides is 2. The van der Waals surface area contributed by atoms with Crippen LogP contribution in [0.2, 0.25) is 0 Å². The number of hydrogen-bond acceptors (Lipinski definition) is 3. The first-order valence-corrected chi connectivity index (χ1v) is 10.8. The van der Waals surface area contributed by atoms with E-state index in [0.29, 0.717) is 18.9 Å². The molecule has 4 aliphatic rings. The second-order valence-corrected chi connectivity index (χ2v) is 8.62. The van der Waals surface area contributed by atoms with Crippen molar-refractivity contribution in [2.45, 2.75) is 31.3 Å². The number of nitrogens with one attached hydrogen (secondary N) is 1. The van der Waals surface area contributed by atoms with E-state index in [-0.39, 0.29) is 17.9 Å². The lowest BCUT2D eigenvalue weighted by Crippen LogP contribution is -2.59. The fraction of sp³-hybridized carbons (Fsp3) is 0.417. The third kappa shape index (κ3) is 3.49. The molecule has 30 heavy (non-hydrogen) atoms. The first-order valence-electron chi connectivity index (χ1n) is 10.8. The van der Waals surface area contributed by atoms with Crippen molar-refractivity contribution in [2.75, 3.05) is 26.2 Å². The summed E-state index contributed by atoms with van der Waals surface area (Å²) >= 11 is 0. The van der Waals surface area contributed by atoms with Gasteiger partial charge in [-0.1, -0.05) is 36.4 Å². The molecule has 1 unspecified atom stereocenters. The Morgan fingerprint density at radius 3 is 2.40 bits per heavy atom. The van der Waals surface area contributed by atoms with Gasteiger partial charge in [-0.25, -0.2) is 4.39 Å². The van der Waals surface area contributed by atoms with Crippen molar-refractivity contribution in [2.24, 2.45) is 5.92 Å². The van der Waals surface area contributed by atoms with E-state index in [4.69, 9.17) is 0 Å². The number of benzene rings is 2. The number of hydrogen-bond donors (Lipinski definition) is 1. The largest absolute Gasteiger partial charge is 0.344 e. The molecule has 0 aromatic heterocycles. The van der Waals surface area contributed by atoms with Gasteiger partial charge in [0.25, 0.3) is 0 Å². The number of fused-ring (bicyclic) bond motifs is 4. The van der Waals surface area contributed by atoms with Crippen LogP contribution in [0.4, 0.5) is 4.39 Å². The molecule has 0 aliphatic carbocycles. The van der Waals surface area contributed by atoms with E-state index in [1.165, 1.54) is 12.1 Å². The summed E-state index contributed by atoms with van der Waals surface area (Å²) in [5, 5.41) is 3.02. The van der Waals surface area contributed by atoms with Crippen molar-refractivity contribution in [3.63, 3.8) is 0 Å². The van der Waals surface area contributed by atoms with Gasteiger partial charge in [0.15, 0.2) is 0 Å². The molecule has 4 heterocycles. The van der Waals surface area contributed by atoms with Crippen molar-refractivity contribution in [1.82, 2.24) is 15.1 Å². The molecule has 5 nitrogen and oxygen atoms in total. The standard InChI is InChI=1S/C24H26FN3O2/c25-19-7-5-18(6-8-19)22-20-4-2-1-3-16(20)11-14-28(22)24(30)23(29)26-21-15-27-12-9-17(21)10-13-27/h1-8,17,21-22H,9-15H2,(H,26,29)/t21?,22-/m0/s1. The van der Waals surface area contributed by atoms with Crippen LogP contribution in [0, 0.1) is 11.7 Å². The summed E-state index contributed by atoms with van der Waals surface area (Å²) in [6.45, 7) is 3.46. The maximum absolute atomic E-state index is 13.5. The molecule has 1 N–H and O–H groups in total. The Balaban J connectivity index is 1.40. The van der Waals surface area contributed by atoms with Crippen molar-refractivity contribution < 1.29 is 14.0 Å². The number of carbonyl (C=O) groups excluding carboxylic acids is 2. The molecule has 2 amide bonds. The average Bonchev–Trinajstić information content (AvgIpc) is 2.79. The highest BCUT2D eigenvalue weighted by atomic mass is 19.1. The normalized spacial score (nSPS) is 27.4. The van der Waals surface area contributed by atoms with Crippen molar-refractivity contribution in [1.29, 1.82) is 0 Å². The van der Waals surface area contributed by atoms with Crippen LogP contribution < -0.4 is 5.32 Å². The van der Waals surface area contributed by atoms with Crippen LogP contribution in [0.1, 0.15) is 35.6 Å². The summed E-state index contributed by atoms with van der Waals surface area (Å²) < 4.78 is 13.5. The van der Waals surface area contributed by atoms with E-state index >= 15 is 0 Å². The van der Waals surface area contributed by atoms with Gasteiger partial charge < -0.3 is 15.1 Å². The first-order chi connectivity index (χ1) is 14.6. The maximum Gasteiger partial charge on any atom is 0.312 e. The molecule has 3 fully saturated rings. The minimum Gasteiger partial charge on any atom is -0.344 e. The Morgan fingerprint density at radius 1 is 0.967 bits per heavy atom. The third-order valence-corrected chi connectivity index (χ3v) is 6.90. The van der Waals surface area contributed by atoms with Gasteiger partial charge in [0, 0.05) is 19.1 Å². The summed E-state index contributed by atoms with van der Waals surface area (Å²) in [6, 6.07) is 13.8. The number of halogens is 1. The van der Waals surface area contributed by atoms with E-state index < -0.39 is 11.8 Å². The van der Waals surface area contributed by atoms with Gasteiger partial charge in [-0.15, -0.1) is 0 Å². The molecule has 0 saturated carbocycles. The molecule has 156 valence electrons. The Bertz CT molecular complexity index is 953. The zero-order valence-corrected chi connectivity index (χ0v) is 16.9. The van der Waals surface area contributed by atoms with Crippen LogP contribution in [0.25, 0.3) is 0 Å². The zero-order valence-electron chi connectivity index (χ0n) is 16.9. The smallest absolute Gasteiger partial charge is 0.312 e. The van der Waals surface area contributed by atoms with E-state index in [1.54, 1.807) is 17.0 Å². The van der Waals surface area contributed by atoms with Crippen molar-refractivity contribution in [3.8, 4) is 0 Å². The fourth-order valence-electron chi connectivity index (χ4n) is 5.28. The van der Waals surface area contributed by atoms with Crippen LogP contribution in [-0.4, -0.2) is 53.8 Å². The highest BCUT2D eigenvalue weighted by Crippen LogP contribution is 2.35. The van der Waals surface area contributed by atoms with E-state index in [0.717, 1.165) is 49.2 Å². The molecule has 2 aromatic rings. The molecule has 4 aliphatic heterocycles. The third-order valence-electron chi connectivity index (χ3n) is 6.90. The summed E-state index contributed by atoms with van der Waals surface area (Å²) in [5.74, 6) is -0.891. The Hall–Kier alpha value is -2.73. The van der Waals surface area contributed by atoms with Gasteiger partial charge in [0.1, 0.15) is 5.82 Å². The Labute approximate surface area is 175 Å². The molecule has 0 spiro atoms. The lowest BCUT2D eigenvalue weighted by molar-refractivity contribution is -0.148. The zero-order chi connectivity index (χ0) is 20.7. The van der Waals surface area contributed by atoms with Gasteiger partial charge in [0.2, 0.25) is 0 Å². The highest BCUT2D eigenvalue weighted by molar-refractivity contribution is 6.35. The SMILES string of the molecule is O=C(NC1CN2CCC1CC2)C(=O)N1CCc2ccccc2[C@@H]1c1ccc(F)cc1. The molecule has 6 heteroatoms. The second kappa shape index (κ2) is 7.84. The van der Waals surface area contributed by atoms with Gasteiger partial charge >= 0.3 is 11.8 Å². The van der Waals surface area contributed by atoms with Crippen LogP contribution >= 0.6 is 0 Å². The van der Waals surface area contributed by atoms with Crippen molar-refractivity contribution in [3.05, 3.63) is 71.0 Å². The predicted molar refractivity (Wildman–Crippen MR) is 111 cm³/mol. The van der Waals surface area contributed by atoms with Gasteiger partial charge in [-0.05, 0) is 67.1 Å². The van der Waals surface area contributed by atoms with Crippen LogP contribution in [0.3, 0.4) is 0 Å². The van der Waals surface area contributed by atoms with Crippen LogP contribution in [0.15, 0.2) is 48.5 Å². The Kier molecular flexibility index (Phi) is 5.03. The van der Waals surface area contributed by atoms with E-state index in [2.05, 4.69) is 16.3 Å². The number of rotatable bonds is 2. The topological polar surface area (TPSA) is 52.7 Å². The number of nitrogens with zero attached hydrogens (tertiary/aromatic N) is 2. The summed E-state index contributed by atoms with van der Waals surface area (Å²) in [5.41, 5.74) is 2.97. The summed E-state index contributed by atoms with van der Waals surface area (Å²) in [4.78, 5) is 30.2. The molecule has 2 atom stereocenters. The average molecular weight is 407 g/mol. The number of piperidine rings is 3. The van der Waals surface area contributed by atoms with Gasteiger partial charge in [0.05, 0.1) is 6.04 Å². The highest BCUT2D eigenvalue weighted by Gasteiger charge is 2.39. The minimum absolute atomic E-state index is 0.0466. The van der Waals surface area contributed by atoms with Gasteiger partial charge in [-0.2, -0.15) is 0 Å². The van der Waals surface area contributed by atoms with E-state index in [9.17, 15) is 14.0 Å². The molecule has 0 radical (unpaired) electrons. The first kappa shape index (κ1) is 19.2. The summed E-state index contributed by atoms with van der Waals surface area (Å²) in [6.07, 6.45) is 2.86. The molecular weight excluding hydrogens is 381 g/mol. The lowest BCUT2D eigenvalue weighted by Gasteiger charge is -2.45. The van der Waals surface area contributed by atoms with Crippen LogP contribution in [0.5, 0.6) is 0 Å². The quantitative estimate of drug-likeness (QED) is 0.779. The molecule has 2 bridgehead atoms. The Morgan fingerprint density at radius 2 is 1.70 bits per heavy atom. The molecule has 6 rings (SSSR count). The minimum atomic E-state index is -0.528. The molecule has 2 aromatic carbocycles.